The van der Waals surface area contributed by atoms with Gasteiger partial charge >= 0.3 is 0 Å². The summed E-state index contributed by atoms with van der Waals surface area (Å²) in [6.07, 6.45) is 2.56. The van der Waals surface area contributed by atoms with E-state index in [0.717, 1.165) is 35.0 Å². The number of rotatable bonds is 9. The normalized spacial score (nSPS) is 14.2. The third kappa shape index (κ3) is 7.89. The van der Waals surface area contributed by atoms with Crippen LogP contribution in [0.4, 0.5) is 22.9 Å². The molecule has 1 saturated heterocycles. The number of nitrogens with one attached hydrogen (secondary N) is 4. The lowest BCUT2D eigenvalue weighted by atomic mass is 9.86. The van der Waals surface area contributed by atoms with Crippen LogP contribution in [0.2, 0.25) is 0 Å². The zero-order valence-corrected chi connectivity index (χ0v) is 27.3. The molecule has 0 atom stereocenters. The number of hydrazine groups is 1. The zero-order chi connectivity index (χ0) is 32.4. The van der Waals surface area contributed by atoms with Crippen molar-refractivity contribution in [1.29, 1.82) is 0 Å². The number of methoxy groups -OCH3 is 1. The van der Waals surface area contributed by atoms with Gasteiger partial charge in [-0.05, 0) is 52.8 Å². The van der Waals surface area contributed by atoms with E-state index in [4.69, 9.17) is 9.47 Å². The molecule has 0 spiro atoms. The number of hydrogen-bond acceptors (Lipinski definition) is 10. The van der Waals surface area contributed by atoms with Gasteiger partial charge in [0.2, 0.25) is 10.0 Å². The summed E-state index contributed by atoms with van der Waals surface area (Å²) in [5.41, 5.74) is 5.16. The Morgan fingerprint density at radius 3 is 2.33 bits per heavy atom. The number of hydrogen-bond donors (Lipinski definition) is 4. The van der Waals surface area contributed by atoms with Crippen LogP contribution >= 0.6 is 11.3 Å². The fourth-order valence-electron chi connectivity index (χ4n) is 4.73. The van der Waals surface area contributed by atoms with Crippen LogP contribution in [0.3, 0.4) is 0 Å². The Balaban J connectivity index is 1.36. The third-order valence-corrected chi connectivity index (χ3v) is 8.80. The number of thiophene rings is 1. The van der Waals surface area contributed by atoms with Crippen LogP contribution in [-0.2, 0) is 20.2 Å². The van der Waals surface area contributed by atoms with E-state index >= 15 is 0 Å². The molecular formula is C31H36N6O6S2. The number of morpholine rings is 1. The van der Waals surface area contributed by atoms with Gasteiger partial charge in [-0.25, -0.2) is 18.4 Å². The second kappa shape index (κ2) is 13.0. The number of carbonyl (C=O) groups excluding carboxylic acids is 2. The van der Waals surface area contributed by atoms with Crippen LogP contribution in [0.25, 0.3) is 10.1 Å². The lowest BCUT2D eigenvalue weighted by Crippen LogP contribution is -2.40. The Morgan fingerprint density at radius 2 is 1.69 bits per heavy atom. The summed E-state index contributed by atoms with van der Waals surface area (Å²) < 4.78 is 38.3. The Morgan fingerprint density at radius 1 is 0.978 bits per heavy atom. The van der Waals surface area contributed by atoms with Gasteiger partial charge in [-0.15, -0.1) is 11.3 Å². The van der Waals surface area contributed by atoms with Gasteiger partial charge in [0.15, 0.2) is 5.75 Å². The first-order valence-electron chi connectivity index (χ1n) is 14.2. The quantitative estimate of drug-likeness (QED) is 0.193. The molecule has 0 saturated carbocycles. The van der Waals surface area contributed by atoms with E-state index in [1.54, 1.807) is 42.5 Å². The average Bonchev–Trinajstić information content (AvgIpc) is 3.42. The minimum Gasteiger partial charge on any atom is -0.492 e. The zero-order valence-electron chi connectivity index (χ0n) is 25.7. The van der Waals surface area contributed by atoms with E-state index < -0.39 is 15.9 Å². The molecule has 2 amide bonds. The molecule has 0 aliphatic carbocycles. The van der Waals surface area contributed by atoms with Crippen LogP contribution in [0.5, 0.6) is 5.75 Å². The number of pyridine rings is 1. The lowest BCUT2D eigenvalue weighted by Gasteiger charge is -2.27. The van der Waals surface area contributed by atoms with E-state index in [1.165, 1.54) is 24.6 Å². The number of amides is 2. The molecule has 0 radical (unpaired) electrons. The Hall–Kier alpha value is -4.24. The SMILES string of the molecule is COc1c(NC(=O)c2cc3cccc(NC(=O)c4ccc(NN5CCOCC5)nc4)c3s2)cc(C(C)(C)C)cc1NS(C)(=O)=O. The first-order valence-corrected chi connectivity index (χ1v) is 16.9. The van der Waals surface area contributed by atoms with Gasteiger partial charge in [0.25, 0.3) is 11.8 Å². The highest BCUT2D eigenvalue weighted by molar-refractivity contribution is 7.92. The minimum absolute atomic E-state index is 0.190. The summed E-state index contributed by atoms with van der Waals surface area (Å²) in [6, 6.07) is 14.1. The summed E-state index contributed by atoms with van der Waals surface area (Å²) in [6.45, 7) is 8.73. The van der Waals surface area contributed by atoms with Crippen LogP contribution < -0.4 is 25.5 Å². The summed E-state index contributed by atoms with van der Waals surface area (Å²) in [4.78, 5) is 31.4. The number of aromatic nitrogens is 1. The molecule has 5 rings (SSSR count). The largest absolute Gasteiger partial charge is 0.492 e. The van der Waals surface area contributed by atoms with Gasteiger partial charge in [-0.1, -0.05) is 32.9 Å². The van der Waals surface area contributed by atoms with Crippen molar-refractivity contribution in [1.82, 2.24) is 9.99 Å². The maximum absolute atomic E-state index is 13.5. The van der Waals surface area contributed by atoms with Crippen molar-refractivity contribution in [3.05, 3.63) is 70.7 Å². The molecule has 1 aliphatic heterocycles. The molecule has 45 heavy (non-hydrogen) atoms. The lowest BCUT2D eigenvalue weighted by molar-refractivity contribution is 0.0495. The number of ether oxygens (including phenoxy) is 2. The Bertz CT molecular complexity index is 1830. The predicted molar refractivity (Wildman–Crippen MR) is 178 cm³/mol. The first kappa shape index (κ1) is 32.2. The molecule has 1 fully saturated rings. The smallest absolute Gasteiger partial charge is 0.265 e. The standard InChI is InChI=1S/C31H36N6O6S2/c1-31(2,3)21-16-23(27(42-4)24(17-21)36-45(5,40)41)34-30(39)25-15-19-7-6-8-22(28(19)44-25)33-29(38)20-9-10-26(32-18-20)35-37-11-13-43-14-12-37/h6-10,15-18,36H,11-14H2,1-5H3,(H,32,35)(H,33,38)(H,34,39). The van der Waals surface area contributed by atoms with E-state index in [1.807, 2.05) is 31.8 Å². The Labute approximate surface area is 266 Å². The highest BCUT2D eigenvalue weighted by Crippen LogP contribution is 2.40. The maximum Gasteiger partial charge on any atom is 0.265 e. The molecule has 3 heterocycles. The van der Waals surface area contributed by atoms with Gasteiger partial charge in [0.05, 0.1) is 58.8 Å². The first-order chi connectivity index (χ1) is 21.3. The van der Waals surface area contributed by atoms with Crippen LogP contribution in [0.15, 0.2) is 54.7 Å². The highest BCUT2D eigenvalue weighted by atomic mass is 32.2. The fourth-order valence-corrected chi connectivity index (χ4v) is 6.31. The molecule has 0 unspecified atom stereocenters. The van der Waals surface area contributed by atoms with E-state index in [-0.39, 0.29) is 22.8 Å². The summed E-state index contributed by atoms with van der Waals surface area (Å²) in [5, 5.41) is 8.63. The van der Waals surface area contributed by atoms with Crippen molar-refractivity contribution in [3.8, 4) is 5.75 Å². The van der Waals surface area contributed by atoms with Gasteiger partial charge in [0.1, 0.15) is 5.82 Å². The number of anilines is 4. The molecule has 4 N–H and O–H groups in total. The molecule has 238 valence electrons. The maximum atomic E-state index is 13.5. The van der Waals surface area contributed by atoms with Gasteiger partial charge < -0.3 is 25.5 Å². The van der Waals surface area contributed by atoms with Crippen molar-refractivity contribution in [2.45, 2.75) is 26.2 Å². The highest BCUT2D eigenvalue weighted by Gasteiger charge is 2.23. The molecule has 4 aromatic rings. The molecule has 1 aliphatic rings. The van der Waals surface area contributed by atoms with Gasteiger partial charge in [-0.3, -0.25) is 14.3 Å². The number of fused-ring (bicyclic) bond motifs is 1. The van der Waals surface area contributed by atoms with E-state index in [0.29, 0.717) is 40.8 Å². The summed E-state index contributed by atoms with van der Waals surface area (Å²) in [5.74, 6) is 0.0848. The van der Waals surface area contributed by atoms with Crippen molar-refractivity contribution in [2.75, 3.05) is 60.5 Å². The van der Waals surface area contributed by atoms with Crippen molar-refractivity contribution < 1.29 is 27.5 Å². The van der Waals surface area contributed by atoms with E-state index in [9.17, 15) is 18.0 Å². The second-order valence-electron chi connectivity index (χ2n) is 11.6. The monoisotopic (exact) mass is 652 g/mol. The molecule has 0 bridgehead atoms. The third-order valence-electron chi connectivity index (χ3n) is 7.03. The summed E-state index contributed by atoms with van der Waals surface area (Å²) in [7, 11) is -2.21. The van der Waals surface area contributed by atoms with Crippen molar-refractivity contribution in [3.63, 3.8) is 0 Å². The van der Waals surface area contributed by atoms with Gasteiger partial charge in [0, 0.05) is 19.3 Å². The van der Waals surface area contributed by atoms with Crippen molar-refractivity contribution >= 4 is 66.1 Å². The molecular weight excluding hydrogens is 617 g/mol. The fraction of sp³-hybridized carbons (Fsp3) is 0.323. The predicted octanol–water partition coefficient (Wildman–Crippen LogP) is 5.14. The number of sulfonamides is 1. The summed E-state index contributed by atoms with van der Waals surface area (Å²) >= 11 is 1.23. The van der Waals surface area contributed by atoms with Crippen LogP contribution in [0, 0.1) is 0 Å². The average molecular weight is 653 g/mol. The second-order valence-corrected chi connectivity index (χ2v) is 14.4. The Kier molecular flexibility index (Phi) is 9.30. The molecule has 14 heteroatoms. The topological polar surface area (TPSA) is 151 Å². The number of nitrogens with zero attached hydrogens (tertiary/aromatic N) is 2. The van der Waals surface area contributed by atoms with Crippen LogP contribution in [0.1, 0.15) is 46.4 Å². The molecule has 2 aromatic carbocycles. The van der Waals surface area contributed by atoms with Gasteiger partial charge in [-0.2, -0.15) is 0 Å². The number of carbonyl (C=O) groups is 2. The molecule has 12 nitrogen and oxygen atoms in total. The van der Waals surface area contributed by atoms with E-state index in [2.05, 4.69) is 25.8 Å². The number of benzene rings is 2. The van der Waals surface area contributed by atoms with Crippen molar-refractivity contribution in [2.24, 2.45) is 0 Å². The van der Waals surface area contributed by atoms with Crippen LogP contribution in [-0.4, -0.2) is 69.9 Å². The minimum atomic E-state index is -3.62. The molecule has 2 aromatic heterocycles.